The molecule has 1 rings (SSSR count). The maximum absolute atomic E-state index is 12.1. The van der Waals surface area contributed by atoms with Crippen molar-refractivity contribution < 1.29 is 23.0 Å². The summed E-state index contributed by atoms with van der Waals surface area (Å²) in [7, 11) is 0. The number of allylic oxidation sites excluding steroid dienone is 2. The van der Waals surface area contributed by atoms with Crippen molar-refractivity contribution in [1.29, 1.82) is 0 Å². The fraction of sp³-hybridized carbons (Fsp3) is 0.429. The zero-order valence-electron chi connectivity index (χ0n) is 6.14. The van der Waals surface area contributed by atoms with Crippen LogP contribution >= 0.6 is 0 Å². The lowest BCUT2D eigenvalue weighted by Gasteiger charge is -2.21. The minimum atomic E-state index is -4.56. The van der Waals surface area contributed by atoms with Gasteiger partial charge >= 0.3 is 6.18 Å². The second-order valence-corrected chi connectivity index (χ2v) is 2.29. The maximum atomic E-state index is 12.1. The predicted molar refractivity (Wildman–Crippen MR) is 33.7 cm³/mol. The van der Waals surface area contributed by atoms with E-state index in [0.29, 0.717) is 0 Å². The normalized spacial score (nSPS) is 24.2. The van der Waals surface area contributed by atoms with Crippen LogP contribution in [0.5, 0.6) is 0 Å². The van der Waals surface area contributed by atoms with Crippen molar-refractivity contribution in [3.8, 4) is 0 Å². The molecule has 1 aliphatic heterocycles. The molecule has 0 fully saturated rings. The third-order valence-electron chi connectivity index (χ3n) is 1.43. The van der Waals surface area contributed by atoms with E-state index in [9.17, 15) is 13.2 Å². The molecule has 1 N–H and O–H groups in total. The molecule has 0 saturated heterocycles. The van der Waals surface area contributed by atoms with E-state index in [1.54, 1.807) is 0 Å². The molecule has 0 aromatic rings. The third kappa shape index (κ3) is 1.61. The molecule has 5 heteroatoms. The molecule has 1 aliphatic rings. The summed E-state index contributed by atoms with van der Waals surface area (Å²) in [6.45, 7) is 1.21. The highest BCUT2D eigenvalue weighted by Crippen LogP contribution is 2.33. The molecule has 0 aromatic heterocycles. The van der Waals surface area contributed by atoms with Crippen molar-refractivity contribution in [3.05, 3.63) is 23.5 Å². The first-order valence-corrected chi connectivity index (χ1v) is 3.12. The fourth-order valence-corrected chi connectivity index (χ4v) is 0.870. The van der Waals surface area contributed by atoms with Crippen LogP contribution in [0.4, 0.5) is 13.2 Å². The van der Waals surface area contributed by atoms with Crippen LogP contribution in [0.25, 0.3) is 0 Å². The Morgan fingerprint density at radius 1 is 1.58 bits per heavy atom. The minimum Gasteiger partial charge on any atom is -0.468 e. The number of alkyl halides is 3. The minimum absolute atomic E-state index is 0.152. The Hall–Kier alpha value is -0.970. The number of halogens is 3. The van der Waals surface area contributed by atoms with E-state index in [2.05, 4.69) is 10.8 Å². The van der Waals surface area contributed by atoms with Gasteiger partial charge in [0.1, 0.15) is 5.57 Å². The number of hydrogen-bond acceptors (Lipinski definition) is 2. The molecule has 1 atom stereocenters. The summed E-state index contributed by atoms with van der Waals surface area (Å²) in [5.74, 6) is 0. The lowest BCUT2D eigenvalue weighted by atomic mass is 10.1. The molecule has 0 amide bonds. The maximum Gasteiger partial charge on any atom is 0.418 e. The third-order valence-corrected chi connectivity index (χ3v) is 1.43. The molecule has 67 valence electrons. The van der Waals surface area contributed by atoms with Crippen LogP contribution in [-0.4, -0.2) is 17.6 Å². The Labute approximate surface area is 66.9 Å². The van der Waals surface area contributed by atoms with Crippen LogP contribution in [0, 0.1) is 6.08 Å². The zero-order valence-corrected chi connectivity index (χ0v) is 6.14. The zero-order chi connectivity index (χ0) is 9.35. The molecule has 0 spiro atoms. The number of rotatable bonds is 0. The van der Waals surface area contributed by atoms with Crippen LogP contribution in [0.2, 0.25) is 0 Å². The molecular formula is C7H6F3O2. The first kappa shape index (κ1) is 9.12. The summed E-state index contributed by atoms with van der Waals surface area (Å²) in [6.07, 6.45) is -3.36. The molecule has 0 aliphatic carbocycles. The van der Waals surface area contributed by atoms with Gasteiger partial charge in [-0.1, -0.05) is 0 Å². The summed E-state index contributed by atoms with van der Waals surface area (Å²) in [6, 6.07) is 0. The number of aliphatic hydroxyl groups is 1. The molecule has 0 bridgehead atoms. The van der Waals surface area contributed by atoms with Crippen LogP contribution in [0.3, 0.4) is 0 Å². The van der Waals surface area contributed by atoms with Crippen molar-refractivity contribution in [3.63, 3.8) is 0 Å². The molecule has 1 heterocycles. The highest BCUT2D eigenvalue weighted by atomic mass is 19.4. The van der Waals surface area contributed by atoms with Gasteiger partial charge in [-0.3, -0.25) is 0 Å². The second kappa shape index (κ2) is 2.82. The van der Waals surface area contributed by atoms with Gasteiger partial charge in [-0.15, -0.1) is 0 Å². The summed E-state index contributed by atoms with van der Waals surface area (Å²) in [5.41, 5.74) is -1.24. The van der Waals surface area contributed by atoms with E-state index in [1.807, 2.05) is 0 Å². The van der Waals surface area contributed by atoms with Gasteiger partial charge in [-0.05, 0) is 12.5 Å². The van der Waals surface area contributed by atoms with Gasteiger partial charge in [0.2, 0.25) is 6.29 Å². The van der Waals surface area contributed by atoms with E-state index in [-0.39, 0.29) is 5.57 Å². The SMILES string of the molecule is CC1=C(C(F)(F)F)C(O)OC=[C]1. The number of hydrogen-bond donors (Lipinski definition) is 1. The summed E-state index contributed by atoms with van der Waals surface area (Å²) < 4.78 is 40.5. The first-order chi connectivity index (χ1) is 5.43. The van der Waals surface area contributed by atoms with Crippen molar-refractivity contribution in [2.45, 2.75) is 19.4 Å². The van der Waals surface area contributed by atoms with Gasteiger partial charge in [-0.2, -0.15) is 13.2 Å². The predicted octanol–water partition coefficient (Wildman–Crippen LogP) is 1.53. The fourth-order valence-electron chi connectivity index (χ4n) is 0.870. The highest BCUT2D eigenvalue weighted by molar-refractivity contribution is 5.26. The lowest BCUT2D eigenvalue weighted by Crippen LogP contribution is -2.28. The van der Waals surface area contributed by atoms with Crippen molar-refractivity contribution >= 4 is 0 Å². The van der Waals surface area contributed by atoms with E-state index in [4.69, 9.17) is 5.11 Å². The second-order valence-electron chi connectivity index (χ2n) is 2.29. The summed E-state index contributed by atoms with van der Waals surface area (Å²) in [4.78, 5) is 0. The van der Waals surface area contributed by atoms with Crippen molar-refractivity contribution in [1.82, 2.24) is 0 Å². The monoisotopic (exact) mass is 179 g/mol. The molecule has 1 unspecified atom stereocenters. The Kier molecular flexibility index (Phi) is 2.14. The largest absolute Gasteiger partial charge is 0.468 e. The highest BCUT2D eigenvalue weighted by Gasteiger charge is 2.41. The molecular weight excluding hydrogens is 173 g/mol. The van der Waals surface area contributed by atoms with Gasteiger partial charge < -0.3 is 9.84 Å². The Morgan fingerprint density at radius 3 is 2.50 bits per heavy atom. The van der Waals surface area contributed by atoms with Gasteiger partial charge in [0.25, 0.3) is 0 Å². The van der Waals surface area contributed by atoms with Crippen molar-refractivity contribution in [2.75, 3.05) is 0 Å². The Morgan fingerprint density at radius 2 is 2.17 bits per heavy atom. The Bertz CT molecular complexity index is 240. The average molecular weight is 179 g/mol. The average Bonchev–Trinajstić information content (AvgIpc) is 1.82. The number of aliphatic hydroxyl groups excluding tert-OH is 1. The molecule has 0 saturated carbocycles. The van der Waals surface area contributed by atoms with Gasteiger partial charge in [-0.25, -0.2) is 0 Å². The Balaban J connectivity index is 3.05. The quantitative estimate of drug-likeness (QED) is 0.611. The smallest absolute Gasteiger partial charge is 0.418 e. The van der Waals surface area contributed by atoms with Gasteiger partial charge in [0.05, 0.1) is 6.26 Å². The van der Waals surface area contributed by atoms with E-state index in [1.165, 1.54) is 6.92 Å². The molecule has 0 aromatic carbocycles. The molecule has 12 heavy (non-hydrogen) atoms. The van der Waals surface area contributed by atoms with E-state index in [0.717, 1.165) is 6.26 Å². The van der Waals surface area contributed by atoms with Crippen molar-refractivity contribution in [2.24, 2.45) is 0 Å². The van der Waals surface area contributed by atoms with Crippen LogP contribution in [-0.2, 0) is 4.74 Å². The first-order valence-electron chi connectivity index (χ1n) is 3.12. The summed E-state index contributed by atoms with van der Waals surface area (Å²) in [5, 5.41) is 8.80. The van der Waals surface area contributed by atoms with E-state index < -0.39 is 18.0 Å². The summed E-state index contributed by atoms with van der Waals surface area (Å²) >= 11 is 0. The molecule has 1 radical (unpaired) electrons. The van der Waals surface area contributed by atoms with Crippen LogP contribution < -0.4 is 0 Å². The van der Waals surface area contributed by atoms with Crippen LogP contribution in [0.15, 0.2) is 17.4 Å². The topological polar surface area (TPSA) is 29.5 Å². The van der Waals surface area contributed by atoms with Gasteiger partial charge in [0.15, 0.2) is 0 Å². The molecule has 2 nitrogen and oxygen atoms in total. The van der Waals surface area contributed by atoms with Gasteiger partial charge in [0, 0.05) is 6.08 Å². The standard InChI is InChI=1S/C7H6F3O2/c1-4-2-3-12-6(11)5(4)7(8,9)10/h3,6,11H,1H3. The van der Waals surface area contributed by atoms with Crippen LogP contribution in [0.1, 0.15) is 6.92 Å². The van der Waals surface area contributed by atoms with E-state index >= 15 is 0 Å². The number of ether oxygens (including phenoxy) is 1. The lowest BCUT2D eigenvalue weighted by molar-refractivity contribution is -0.138.